The number of furan rings is 1. The Kier molecular flexibility index (Phi) is 10.9. The molecule has 6 heteroatoms. The molecule has 0 saturated heterocycles. The SMILES string of the molecule is C=Cc1cc(N)ccc1Nc1cccc2c1oc1ccc(-c3ccc(C(=N)/C=C(\N)c4ccc(C(=C)/C=C\C=N)cc4)cc3)cc12.Cc1ccccc1. The minimum atomic E-state index is 0.323. The third-order valence-corrected chi connectivity index (χ3v) is 8.81. The van der Waals surface area contributed by atoms with Gasteiger partial charge in [-0.05, 0) is 94.4 Å². The summed E-state index contributed by atoms with van der Waals surface area (Å²) in [5.41, 5.74) is 24.8. The van der Waals surface area contributed by atoms with Crippen molar-refractivity contribution < 1.29 is 4.42 Å². The molecule has 0 bridgehead atoms. The van der Waals surface area contributed by atoms with E-state index in [0.717, 1.165) is 72.3 Å². The van der Waals surface area contributed by atoms with Gasteiger partial charge in [-0.2, -0.15) is 0 Å². The van der Waals surface area contributed by atoms with Crippen molar-refractivity contribution in [2.45, 2.75) is 6.92 Å². The molecule has 0 aliphatic carbocycles. The second kappa shape index (κ2) is 16.2. The van der Waals surface area contributed by atoms with E-state index < -0.39 is 0 Å². The number of benzene rings is 6. The van der Waals surface area contributed by atoms with E-state index in [-0.39, 0.29) is 0 Å². The molecule has 0 spiro atoms. The van der Waals surface area contributed by atoms with Crippen molar-refractivity contribution in [2.75, 3.05) is 11.1 Å². The molecule has 0 radical (unpaired) electrons. The number of nitrogens with one attached hydrogen (secondary N) is 3. The molecule has 6 aromatic carbocycles. The molecule has 7 aromatic rings. The first-order valence-corrected chi connectivity index (χ1v) is 17.1. The molecule has 0 aliphatic heterocycles. The number of hydrogen-bond donors (Lipinski definition) is 5. The topological polar surface area (TPSA) is 125 Å². The summed E-state index contributed by atoms with van der Waals surface area (Å²) in [6.07, 6.45) is 8.08. The number of allylic oxidation sites excluding steroid dienone is 4. The summed E-state index contributed by atoms with van der Waals surface area (Å²) in [6.45, 7) is 10.0. The Labute approximate surface area is 310 Å². The number of aryl methyl sites for hydroxylation is 1. The van der Waals surface area contributed by atoms with Crippen LogP contribution in [0.15, 0.2) is 169 Å². The predicted octanol–water partition coefficient (Wildman–Crippen LogP) is 11.8. The van der Waals surface area contributed by atoms with Gasteiger partial charge in [0, 0.05) is 34.1 Å². The monoisotopic (exact) mass is 691 g/mol. The van der Waals surface area contributed by atoms with Crippen LogP contribution in [0.4, 0.5) is 17.1 Å². The van der Waals surface area contributed by atoms with Crippen LogP contribution in [0.1, 0.15) is 27.8 Å². The van der Waals surface area contributed by atoms with E-state index in [2.05, 4.69) is 49.7 Å². The molecule has 0 atom stereocenters. The first-order chi connectivity index (χ1) is 25.7. The van der Waals surface area contributed by atoms with Crippen molar-refractivity contribution in [1.82, 2.24) is 0 Å². The zero-order valence-corrected chi connectivity index (χ0v) is 29.6. The van der Waals surface area contributed by atoms with Crippen LogP contribution in [-0.4, -0.2) is 11.9 Å². The van der Waals surface area contributed by atoms with Crippen LogP contribution >= 0.6 is 0 Å². The van der Waals surface area contributed by atoms with Gasteiger partial charge in [-0.3, -0.25) is 0 Å². The van der Waals surface area contributed by atoms with Gasteiger partial charge < -0.3 is 32.0 Å². The minimum Gasteiger partial charge on any atom is -0.454 e. The van der Waals surface area contributed by atoms with E-state index in [1.54, 1.807) is 24.3 Å². The predicted molar refractivity (Wildman–Crippen MR) is 227 cm³/mol. The number of nitrogen functional groups attached to an aromatic ring is 1. The lowest BCUT2D eigenvalue weighted by Crippen LogP contribution is -2.02. The van der Waals surface area contributed by atoms with Gasteiger partial charge in [-0.15, -0.1) is 0 Å². The highest BCUT2D eigenvalue weighted by molar-refractivity contribution is 6.11. The quantitative estimate of drug-likeness (QED) is 0.0556. The third kappa shape index (κ3) is 8.42. The van der Waals surface area contributed by atoms with Gasteiger partial charge in [-0.1, -0.05) is 128 Å². The van der Waals surface area contributed by atoms with Gasteiger partial charge >= 0.3 is 0 Å². The lowest BCUT2D eigenvalue weighted by molar-refractivity contribution is 0.670. The van der Waals surface area contributed by atoms with Crippen LogP contribution in [0.3, 0.4) is 0 Å². The first kappa shape index (κ1) is 35.6. The van der Waals surface area contributed by atoms with Crippen molar-refractivity contribution in [3.8, 4) is 11.1 Å². The summed E-state index contributed by atoms with van der Waals surface area (Å²) >= 11 is 0. The third-order valence-electron chi connectivity index (χ3n) is 8.81. The molecule has 1 heterocycles. The molecule has 7 N–H and O–H groups in total. The second-order valence-electron chi connectivity index (χ2n) is 12.5. The Morgan fingerprint density at radius 1 is 0.736 bits per heavy atom. The number of anilines is 3. The maximum Gasteiger partial charge on any atom is 0.158 e. The van der Waals surface area contributed by atoms with Crippen molar-refractivity contribution in [3.05, 3.63) is 193 Å². The molecule has 260 valence electrons. The fourth-order valence-electron chi connectivity index (χ4n) is 5.92. The van der Waals surface area contributed by atoms with Crippen LogP contribution in [0.5, 0.6) is 0 Å². The summed E-state index contributed by atoms with van der Waals surface area (Å²) in [5, 5.41) is 21.3. The van der Waals surface area contributed by atoms with E-state index in [4.69, 9.17) is 26.7 Å². The molecule has 0 saturated carbocycles. The average Bonchev–Trinajstić information content (AvgIpc) is 3.57. The van der Waals surface area contributed by atoms with Gasteiger partial charge in [0.1, 0.15) is 5.58 Å². The second-order valence-corrected chi connectivity index (χ2v) is 12.5. The fourth-order valence-corrected chi connectivity index (χ4v) is 5.92. The van der Waals surface area contributed by atoms with Crippen LogP contribution in [0, 0.1) is 17.7 Å². The lowest BCUT2D eigenvalue weighted by Gasteiger charge is -2.11. The van der Waals surface area contributed by atoms with Crippen molar-refractivity contribution >= 4 is 68.3 Å². The van der Waals surface area contributed by atoms with Gasteiger partial charge in [0.25, 0.3) is 0 Å². The zero-order chi connectivity index (χ0) is 37.3. The molecule has 0 unspecified atom stereocenters. The maximum atomic E-state index is 8.65. The largest absolute Gasteiger partial charge is 0.454 e. The highest BCUT2D eigenvalue weighted by Crippen LogP contribution is 2.37. The van der Waals surface area contributed by atoms with E-state index in [9.17, 15) is 0 Å². The average molecular weight is 692 g/mol. The van der Waals surface area contributed by atoms with Gasteiger partial charge in [-0.25, -0.2) is 0 Å². The normalized spacial score (nSPS) is 11.2. The van der Waals surface area contributed by atoms with Gasteiger partial charge in [0.2, 0.25) is 0 Å². The molecule has 0 fully saturated rings. The Morgan fingerprint density at radius 2 is 1.43 bits per heavy atom. The Morgan fingerprint density at radius 3 is 2.11 bits per heavy atom. The van der Waals surface area contributed by atoms with Crippen molar-refractivity contribution in [2.24, 2.45) is 5.73 Å². The smallest absolute Gasteiger partial charge is 0.158 e. The summed E-state index contributed by atoms with van der Waals surface area (Å²) in [7, 11) is 0. The molecule has 0 amide bonds. The number of rotatable bonds is 10. The van der Waals surface area contributed by atoms with Crippen LogP contribution in [-0.2, 0) is 0 Å². The fraction of sp³-hybridized carbons (Fsp3) is 0.0213. The molecule has 6 nitrogen and oxygen atoms in total. The maximum absolute atomic E-state index is 8.65. The standard InChI is InChI=1S/C40H33N5O.C7H8/c1-3-26-22-32(42)18-19-37(26)45-38-8-4-7-33-34-23-31(17-20-39(34)46-40(33)38)28-11-15-30(16-12-28)36(44)24-35(43)29-13-9-27(10-14-29)25(2)6-5-21-41;1-7-5-3-2-4-6-7/h3-24,41,44-45H,1-2,42-43H2;2-6H,1H3/b6-5-,35-24-,41-21?,44-36?;. The van der Waals surface area contributed by atoms with E-state index in [1.807, 2.05) is 109 Å². The summed E-state index contributed by atoms with van der Waals surface area (Å²) in [4.78, 5) is 0. The van der Waals surface area contributed by atoms with E-state index in [1.165, 1.54) is 11.8 Å². The summed E-state index contributed by atoms with van der Waals surface area (Å²) < 4.78 is 6.33. The summed E-state index contributed by atoms with van der Waals surface area (Å²) in [5.74, 6) is 0. The Hall–Kier alpha value is -7.18. The molecular formula is C47H41N5O. The molecule has 7 rings (SSSR count). The van der Waals surface area contributed by atoms with Gasteiger partial charge in [0.15, 0.2) is 5.58 Å². The van der Waals surface area contributed by atoms with Gasteiger partial charge in [0.05, 0.1) is 11.4 Å². The number of para-hydroxylation sites is 1. The van der Waals surface area contributed by atoms with Crippen molar-refractivity contribution in [3.63, 3.8) is 0 Å². The molecular weight excluding hydrogens is 651 g/mol. The molecule has 0 aliphatic rings. The molecule has 1 aromatic heterocycles. The van der Waals surface area contributed by atoms with Crippen LogP contribution in [0.25, 0.3) is 50.4 Å². The summed E-state index contributed by atoms with van der Waals surface area (Å²) in [6, 6.07) is 43.8. The van der Waals surface area contributed by atoms with E-state index >= 15 is 0 Å². The Balaban J connectivity index is 0.000000616. The number of nitrogens with two attached hydrogens (primary N) is 2. The highest BCUT2D eigenvalue weighted by Gasteiger charge is 2.13. The van der Waals surface area contributed by atoms with E-state index in [0.29, 0.717) is 17.1 Å². The first-order valence-electron chi connectivity index (χ1n) is 17.1. The lowest BCUT2D eigenvalue weighted by atomic mass is 9.99. The van der Waals surface area contributed by atoms with Crippen molar-refractivity contribution in [1.29, 1.82) is 10.8 Å². The van der Waals surface area contributed by atoms with Crippen LogP contribution in [0.2, 0.25) is 0 Å². The van der Waals surface area contributed by atoms with Crippen LogP contribution < -0.4 is 16.8 Å². The molecule has 53 heavy (non-hydrogen) atoms. The minimum absolute atomic E-state index is 0.323. The number of hydrogen-bond acceptors (Lipinski definition) is 6. The number of fused-ring (bicyclic) bond motifs is 3. The zero-order valence-electron chi connectivity index (χ0n) is 29.6. The highest BCUT2D eigenvalue weighted by atomic mass is 16.3. The Bertz CT molecular complexity index is 2500.